The molecule has 1 rings (SSSR count). The number of hydrogen-bond donors (Lipinski definition) is 2. The molecule has 0 aliphatic heterocycles. The first-order chi connectivity index (χ1) is 7.91. The molecule has 4 N–H and O–H groups in total. The summed E-state index contributed by atoms with van der Waals surface area (Å²) < 4.78 is 0. The highest BCUT2D eigenvalue weighted by atomic mass is 16.2. The number of nitrogens with zero attached hydrogens (tertiary/aromatic N) is 1. The maximum absolute atomic E-state index is 11.5. The molecule has 0 radical (unpaired) electrons. The topological polar surface area (TPSA) is 89.4 Å². The first kappa shape index (κ1) is 13.2. The fraction of sp³-hybridized carbons (Fsp3) is 0.333. The van der Waals surface area contributed by atoms with Crippen molar-refractivity contribution in [1.82, 2.24) is 4.90 Å². The molecular weight excluding hydrogens is 218 g/mol. The summed E-state index contributed by atoms with van der Waals surface area (Å²) in [5, 5.41) is 0. The lowest BCUT2D eigenvalue weighted by Gasteiger charge is -2.19. The molecule has 2 amide bonds. The number of hydrogen-bond acceptors (Lipinski definition) is 3. The van der Waals surface area contributed by atoms with Gasteiger partial charge in [-0.2, -0.15) is 0 Å². The molecule has 92 valence electrons. The lowest BCUT2D eigenvalue weighted by atomic mass is 10.1. The van der Waals surface area contributed by atoms with E-state index in [1.54, 1.807) is 43.1 Å². The van der Waals surface area contributed by atoms with Crippen LogP contribution in [0.15, 0.2) is 24.3 Å². The van der Waals surface area contributed by atoms with Gasteiger partial charge in [0.05, 0.1) is 6.04 Å². The van der Waals surface area contributed by atoms with Crippen molar-refractivity contribution in [1.29, 1.82) is 0 Å². The van der Waals surface area contributed by atoms with Crippen LogP contribution in [0.4, 0.5) is 0 Å². The summed E-state index contributed by atoms with van der Waals surface area (Å²) >= 11 is 0. The quantitative estimate of drug-likeness (QED) is 0.775. The van der Waals surface area contributed by atoms with E-state index in [9.17, 15) is 9.59 Å². The van der Waals surface area contributed by atoms with E-state index in [-0.39, 0.29) is 5.91 Å². The lowest BCUT2D eigenvalue weighted by Crippen LogP contribution is -2.39. The van der Waals surface area contributed by atoms with Crippen LogP contribution in [0.25, 0.3) is 0 Å². The smallest absolute Gasteiger partial charge is 0.248 e. The Morgan fingerprint density at radius 3 is 2.24 bits per heavy atom. The Kier molecular flexibility index (Phi) is 4.23. The Hall–Kier alpha value is -1.88. The van der Waals surface area contributed by atoms with Crippen molar-refractivity contribution in [3.63, 3.8) is 0 Å². The van der Waals surface area contributed by atoms with E-state index in [0.29, 0.717) is 12.1 Å². The summed E-state index contributed by atoms with van der Waals surface area (Å²) in [4.78, 5) is 24.0. The summed E-state index contributed by atoms with van der Waals surface area (Å²) in [6.45, 7) is 2.11. The summed E-state index contributed by atoms with van der Waals surface area (Å²) in [5.41, 5.74) is 12.0. The highest BCUT2D eigenvalue weighted by molar-refractivity contribution is 5.92. The summed E-state index contributed by atoms with van der Waals surface area (Å²) in [5.74, 6) is -0.583. The predicted molar refractivity (Wildman–Crippen MR) is 65.1 cm³/mol. The number of rotatable bonds is 4. The number of primary amides is 1. The average molecular weight is 235 g/mol. The molecule has 1 atom stereocenters. The summed E-state index contributed by atoms with van der Waals surface area (Å²) in [6, 6.07) is 6.31. The normalized spacial score (nSPS) is 11.9. The molecule has 0 fully saturated rings. The van der Waals surface area contributed by atoms with Crippen LogP contribution in [0.5, 0.6) is 0 Å². The number of benzene rings is 1. The largest absolute Gasteiger partial charge is 0.366 e. The lowest BCUT2D eigenvalue weighted by molar-refractivity contribution is -0.131. The van der Waals surface area contributed by atoms with Crippen molar-refractivity contribution in [2.45, 2.75) is 19.5 Å². The van der Waals surface area contributed by atoms with Crippen molar-refractivity contribution in [2.24, 2.45) is 11.5 Å². The number of nitrogens with two attached hydrogens (primary N) is 2. The maximum atomic E-state index is 11.5. The fourth-order valence-corrected chi connectivity index (χ4v) is 1.47. The third-order valence-corrected chi connectivity index (χ3v) is 2.42. The molecule has 1 aromatic rings. The molecule has 0 saturated heterocycles. The number of carbonyl (C=O) groups is 2. The molecule has 0 heterocycles. The molecule has 17 heavy (non-hydrogen) atoms. The predicted octanol–water partition coefficient (Wildman–Crippen LogP) is 0.0911. The van der Waals surface area contributed by atoms with Gasteiger partial charge in [0, 0.05) is 19.2 Å². The molecule has 0 spiro atoms. The Labute approximate surface area is 100 Å². The second-order valence-electron chi connectivity index (χ2n) is 4.04. The van der Waals surface area contributed by atoms with Crippen LogP contribution >= 0.6 is 0 Å². The Balaban J connectivity index is 2.69. The van der Waals surface area contributed by atoms with Gasteiger partial charge in [-0.15, -0.1) is 0 Å². The van der Waals surface area contributed by atoms with Crippen molar-refractivity contribution >= 4 is 11.8 Å². The van der Waals surface area contributed by atoms with Crippen molar-refractivity contribution in [3.05, 3.63) is 35.4 Å². The minimum absolute atomic E-state index is 0.121. The molecule has 1 aromatic carbocycles. The molecule has 0 aliphatic rings. The SMILES string of the molecule is C[C@@H](N)C(=O)N(C)Cc1ccc(C(N)=O)cc1. The van der Waals surface area contributed by atoms with Gasteiger partial charge >= 0.3 is 0 Å². The van der Waals surface area contributed by atoms with Crippen LogP contribution in [0.1, 0.15) is 22.8 Å². The average Bonchev–Trinajstić information content (AvgIpc) is 2.28. The fourth-order valence-electron chi connectivity index (χ4n) is 1.47. The Morgan fingerprint density at radius 2 is 1.82 bits per heavy atom. The molecule has 0 bridgehead atoms. The van der Waals surface area contributed by atoms with Gasteiger partial charge in [0.15, 0.2) is 0 Å². The second kappa shape index (κ2) is 5.45. The minimum Gasteiger partial charge on any atom is -0.366 e. The number of likely N-dealkylation sites (N-methyl/N-ethyl adjacent to an activating group) is 1. The first-order valence-electron chi connectivity index (χ1n) is 5.31. The summed E-state index contributed by atoms with van der Waals surface area (Å²) in [6.07, 6.45) is 0. The third kappa shape index (κ3) is 3.57. The molecule has 5 heteroatoms. The number of amides is 2. The van der Waals surface area contributed by atoms with Gasteiger partial charge in [0.25, 0.3) is 0 Å². The van der Waals surface area contributed by atoms with Crippen LogP contribution in [-0.2, 0) is 11.3 Å². The van der Waals surface area contributed by atoms with E-state index < -0.39 is 11.9 Å². The van der Waals surface area contributed by atoms with Gasteiger partial charge in [0.1, 0.15) is 0 Å². The highest BCUT2D eigenvalue weighted by Crippen LogP contribution is 2.07. The highest BCUT2D eigenvalue weighted by Gasteiger charge is 2.13. The maximum Gasteiger partial charge on any atom is 0.248 e. The zero-order valence-corrected chi connectivity index (χ0v) is 10.0. The van der Waals surface area contributed by atoms with Gasteiger partial charge in [-0.1, -0.05) is 12.1 Å². The van der Waals surface area contributed by atoms with E-state index >= 15 is 0 Å². The molecular formula is C12H17N3O2. The van der Waals surface area contributed by atoms with Crippen LogP contribution in [0.2, 0.25) is 0 Å². The van der Waals surface area contributed by atoms with E-state index in [1.807, 2.05) is 0 Å². The van der Waals surface area contributed by atoms with Crippen molar-refractivity contribution < 1.29 is 9.59 Å². The Morgan fingerprint density at radius 1 is 1.29 bits per heavy atom. The standard InChI is InChI=1S/C12H17N3O2/c1-8(13)12(17)15(2)7-9-3-5-10(6-4-9)11(14)16/h3-6,8H,7,13H2,1-2H3,(H2,14,16)/t8-/m1/s1. The Bertz CT molecular complexity index is 412. The zero-order chi connectivity index (χ0) is 13.0. The van der Waals surface area contributed by atoms with Crippen LogP contribution in [0, 0.1) is 0 Å². The molecule has 0 unspecified atom stereocenters. The zero-order valence-electron chi connectivity index (χ0n) is 10.0. The van der Waals surface area contributed by atoms with Crippen molar-refractivity contribution in [3.8, 4) is 0 Å². The van der Waals surface area contributed by atoms with Gasteiger partial charge in [-0.25, -0.2) is 0 Å². The van der Waals surface area contributed by atoms with E-state index in [2.05, 4.69) is 0 Å². The number of carbonyl (C=O) groups excluding carboxylic acids is 2. The molecule has 5 nitrogen and oxygen atoms in total. The van der Waals surface area contributed by atoms with Gasteiger partial charge in [-0.3, -0.25) is 9.59 Å². The van der Waals surface area contributed by atoms with Crippen LogP contribution < -0.4 is 11.5 Å². The van der Waals surface area contributed by atoms with Gasteiger partial charge < -0.3 is 16.4 Å². The first-order valence-corrected chi connectivity index (χ1v) is 5.31. The monoisotopic (exact) mass is 235 g/mol. The third-order valence-electron chi connectivity index (χ3n) is 2.42. The molecule has 0 aromatic heterocycles. The van der Waals surface area contributed by atoms with Gasteiger partial charge in [-0.05, 0) is 24.6 Å². The van der Waals surface area contributed by atoms with Crippen LogP contribution in [-0.4, -0.2) is 29.8 Å². The molecule has 0 saturated carbocycles. The minimum atomic E-state index is -0.509. The van der Waals surface area contributed by atoms with Crippen LogP contribution in [0.3, 0.4) is 0 Å². The van der Waals surface area contributed by atoms with E-state index in [4.69, 9.17) is 11.5 Å². The van der Waals surface area contributed by atoms with E-state index in [0.717, 1.165) is 5.56 Å². The van der Waals surface area contributed by atoms with Gasteiger partial charge in [0.2, 0.25) is 11.8 Å². The van der Waals surface area contributed by atoms with E-state index in [1.165, 1.54) is 0 Å². The molecule has 0 aliphatic carbocycles. The second-order valence-corrected chi connectivity index (χ2v) is 4.04. The van der Waals surface area contributed by atoms with Crippen molar-refractivity contribution in [2.75, 3.05) is 7.05 Å². The summed E-state index contributed by atoms with van der Waals surface area (Å²) in [7, 11) is 1.69.